The molecule has 1 aromatic carbocycles. The first-order valence-electron chi connectivity index (χ1n) is 6.96. The van der Waals surface area contributed by atoms with E-state index in [9.17, 15) is 14.9 Å². The van der Waals surface area contributed by atoms with Crippen LogP contribution in [0.1, 0.15) is 29.6 Å². The first-order valence-corrected chi connectivity index (χ1v) is 6.96. The van der Waals surface area contributed by atoms with E-state index in [1.807, 2.05) is 0 Å². The van der Waals surface area contributed by atoms with Gasteiger partial charge in [-0.05, 0) is 37.9 Å². The van der Waals surface area contributed by atoms with E-state index in [-0.39, 0.29) is 35.3 Å². The van der Waals surface area contributed by atoms with Gasteiger partial charge in [0.25, 0.3) is 5.91 Å². The molecular weight excluding hydrogens is 310 g/mol. The van der Waals surface area contributed by atoms with E-state index >= 15 is 0 Å². The summed E-state index contributed by atoms with van der Waals surface area (Å²) in [4.78, 5) is 22.4. The molecule has 1 saturated heterocycles. The molecule has 8 heteroatoms. The fraction of sp³-hybridized carbons (Fsp3) is 0.500. The van der Waals surface area contributed by atoms with Crippen LogP contribution in [0, 0.1) is 10.1 Å². The number of nitro benzene ring substituents is 1. The van der Waals surface area contributed by atoms with Crippen molar-refractivity contribution in [3.63, 3.8) is 0 Å². The third-order valence-corrected chi connectivity index (χ3v) is 3.58. The number of ether oxygens (including phenoxy) is 1. The van der Waals surface area contributed by atoms with E-state index < -0.39 is 4.92 Å². The summed E-state index contributed by atoms with van der Waals surface area (Å²) in [7, 11) is 1.36. The van der Waals surface area contributed by atoms with Crippen LogP contribution in [0.3, 0.4) is 0 Å². The normalized spacial score (nSPS) is 16.7. The second-order valence-electron chi connectivity index (χ2n) is 4.98. The van der Waals surface area contributed by atoms with E-state index in [1.165, 1.54) is 31.7 Å². The van der Waals surface area contributed by atoms with E-state index in [0.29, 0.717) is 12.6 Å². The van der Waals surface area contributed by atoms with Gasteiger partial charge in [-0.2, -0.15) is 0 Å². The summed E-state index contributed by atoms with van der Waals surface area (Å²) in [6, 6.07) is 4.65. The number of benzene rings is 1. The smallest absolute Gasteiger partial charge is 0.311 e. The zero-order valence-electron chi connectivity index (χ0n) is 12.3. The lowest BCUT2D eigenvalue weighted by molar-refractivity contribution is -0.385. The topological polar surface area (TPSA) is 93.5 Å². The van der Waals surface area contributed by atoms with E-state index in [2.05, 4.69) is 10.6 Å². The monoisotopic (exact) mass is 329 g/mol. The highest BCUT2D eigenvalue weighted by Crippen LogP contribution is 2.27. The molecule has 0 bridgehead atoms. The van der Waals surface area contributed by atoms with Crippen LogP contribution in [0.15, 0.2) is 18.2 Å². The van der Waals surface area contributed by atoms with Crippen molar-refractivity contribution >= 4 is 24.0 Å². The number of rotatable bonds is 6. The molecule has 1 aliphatic heterocycles. The summed E-state index contributed by atoms with van der Waals surface area (Å²) in [6.07, 6.45) is 3.16. The van der Waals surface area contributed by atoms with Gasteiger partial charge in [-0.25, -0.2) is 0 Å². The summed E-state index contributed by atoms with van der Waals surface area (Å²) in [5, 5.41) is 17.1. The molecule has 22 heavy (non-hydrogen) atoms. The van der Waals surface area contributed by atoms with Gasteiger partial charge in [-0.3, -0.25) is 14.9 Å². The maximum atomic E-state index is 12.0. The van der Waals surface area contributed by atoms with Crippen molar-refractivity contribution < 1.29 is 14.5 Å². The summed E-state index contributed by atoms with van der Waals surface area (Å²) in [5.74, 6) is -0.162. The third kappa shape index (κ3) is 4.57. The Morgan fingerprint density at radius 3 is 2.91 bits per heavy atom. The highest BCUT2D eigenvalue weighted by atomic mass is 35.5. The first kappa shape index (κ1) is 18.2. The summed E-state index contributed by atoms with van der Waals surface area (Å²) >= 11 is 0. The average molecular weight is 330 g/mol. The summed E-state index contributed by atoms with van der Waals surface area (Å²) in [6.45, 7) is 1.58. The van der Waals surface area contributed by atoms with Gasteiger partial charge in [-0.15, -0.1) is 12.4 Å². The zero-order chi connectivity index (χ0) is 15.2. The van der Waals surface area contributed by atoms with Crippen molar-refractivity contribution in [2.24, 2.45) is 0 Å². The van der Waals surface area contributed by atoms with Crippen molar-refractivity contribution in [1.29, 1.82) is 0 Å². The number of carbonyl (C=O) groups is 1. The fourth-order valence-electron chi connectivity index (χ4n) is 2.44. The Balaban J connectivity index is 0.00000242. The predicted molar refractivity (Wildman–Crippen MR) is 84.9 cm³/mol. The Hall–Kier alpha value is -1.86. The van der Waals surface area contributed by atoms with Gasteiger partial charge in [0.05, 0.1) is 12.0 Å². The molecule has 122 valence electrons. The molecule has 0 aromatic heterocycles. The molecule has 7 nitrogen and oxygen atoms in total. The van der Waals surface area contributed by atoms with Crippen LogP contribution in [-0.2, 0) is 0 Å². The van der Waals surface area contributed by atoms with Crippen LogP contribution in [0.25, 0.3) is 0 Å². The number of hydrogen-bond donors (Lipinski definition) is 2. The average Bonchev–Trinajstić information content (AvgIpc) is 2.99. The number of nitrogens with one attached hydrogen (secondary N) is 2. The minimum absolute atomic E-state index is 0. The second-order valence-corrected chi connectivity index (χ2v) is 4.98. The zero-order valence-corrected chi connectivity index (χ0v) is 13.1. The van der Waals surface area contributed by atoms with E-state index in [1.54, 1.807) is 0 Å². The number of hydrogen-bond acceptors (Lipinski definition) is 5. The lowest BCUT2D eigenvalue weighted by Gasteiger charge is -2.11. The molecule has 1 aromatic rings. The minimum Gasteiger partial charge on any atom is -0.490 e. The number of nitro groups is 1. The lowest BCUT2D eigenvalue weighted by Crippen LogP contribution is -2.30. The Morgan fingerprint density at radius 1 is 1.55 bits per heavy atom. The molecule has 0 saturated carbocycles. The molecule has 0 spiro atoms. The van der Waals surface area contributed by atoms with Crippen LogP contribution >= 0.6 is 12.4 Å². The second kappa shape index (κ2) is 8.55. The van der Waals surface area contributed by atoms with Gasteiger partial charge in [0.1, 0.15) is 0 Å². The molecule has 1 fully saturated rings. The Morgan fingerprint density at radius 2 is 2.32 bits per heavy atom. The molecule has 1 atom stereocenters. The van der Waals surface area contributed by atoms with Gasteiger partial charge >= 0.3 is 5.69 Å². The van der Waals surface area contributed by atoms with E-state index in [4.69, 9.17) is 4.74 Å². The van der Waals surface area contributed by atoms with Gasteiger partial charge in [0.2, 0.25) is 0 Å². The minimum atomic E-state index is -0.557. The van der Waals surface area contributed by atoms with Crippen molar-refractivity contribution in [3.05, 3.63) is 33.9 Å². The van der Waals surface area contributed by atoms with Gasteiger partial charge in [0, 0.05) is 24.2 Å². The fourth-order valence-corrected chi connectivity index (χ4v) is 2.44. The van der Waals surface area contributed by atoms with Gasteiger partial charge < -0.3 is 15.4 Å². The molecule has 0 radical (unpaired) electrons. The van der Waals surface area contributed by atoms with E-state index in [0.717, 1.165) is 19.4 Å². The largest absolute Gasteiger partial charge is 0.490 e. The van der Waals surface area contributed by atoms with Crippen LogP contribution in [0.2, 0.25) is 0 Å². The van der Waals surface area contributed by atoms with Crippen LogP contribution in [-0.4, -0.2) is 37.1 Å². The van der Waals surface area contributed by atoms with Crippen molar-refractivity contribution in [2.45, 2.75) is 25.3 Å². The Labute approximate surface area is 135 Å². The SMILES string of the molecule is COc1ccc(C(=O)NCC[C@H]2CCCN2)cc1[N+](=O)[O-].Cl. The van der Waals surface area contributed by atoms with Gasteiger partial charge in [-0.1, -0.05) is 0 Å². The Kier molecular flexibility index (Phi) is 7.07. The molecular formula is C14H20ClN3O4. The number of methoxy groups -OCH3 is 1. The molecule has 1 aliphatic rings. The number of nitrogens with zero attached hydrogens (tertiary/aromatic N) is 1. The maximum Gasteiger partial charge on any atom is 0.311 e. The Bertz CT molecular complexity index is 533. The number of amides is 1. The quantitative estimate of drug-likeness (QED) is 0.614. The lowest BCUT2D eigenvalue weighted by atomic mass is 10.1. The molecule has 1 heterocycles. The molecule has 2 rings (SSSR count). The molecule has 0 aliphatic carbocycles. The summed E-state index contributed by atoms with van der Waals surface area (Å²) < 4.78 is 4.91. The van der Waals surface area contributed by atoms with Crippen molar-refractivity contribution in [2.75, 3.05) is 20.2 Å². The van der Waals surface area contributed by atoms with Gasteiger partial charge in [0.15, 0.2) is 5.75 Å². The summed E-state index contributed by atoms with van der Waals surface area (Å²) in [5.41, 5.74) is 0.0597. The number of carbonyl (C=O) groups excluding carboxylic acids is 1. The maximum absolute atomic E-state index is 12.0. The first-order chi connectivity index (χ1) is 10.1. The highest BCUT2D eigenvalue weighted by molar-refractivity contribution is 5.95. The van der Waals surface area contributed by atoms with Crippen molar-refractivity contribution in [1.82, 2.24) is 10.6 Å². The van der Waals surface area contributed by atoms with Crippen LogP contribution in [0.5, 0.6) is 5.75 Å². The molecule has 1 amide bonds. The predicted octanol–water partition coefficient (Wildman–Crippen LogP) is 1.90. The molecule has 0 unspecified atom stereocenters. The standard InChI is InChI=1S/C14H19N3O4.ClH/c1-21-13-5-4-10(9-12(13)17(19)20)14(18)16-8-6-11-3-2-7-15-11;/h4-5,9,11,15H,2-3,6-8H2,1H3,(H,16,18);1H/t11-;/m1./s1. The van der Waals surface area contributed by atoms with Crippen molar-refractivity contribution in [3.8, 4) is 5.75 Å². The van der Waals surface area contributed by atoms with Crippen LogP contribution in [0.4, 0.5) is 5.69 Å². The molecule has 2 N–H and O–H groups in total. The third-order valence-electron chi connectivity index (χ3n) is 3.58. The van der Waals surface area contributed by atoms with Crippen LogP contribution < -0.4 is 15.4 Å². The number of halogens is 1. The highest BCUT2D eigenvalue weighted by Gasteiger charge is 2.18.